The van der Waals surface area contributed by atoms with E-state index in [9.17, 15) is 5.11 Å². The van der Waals surface area contributed by atoms with Crippen LogP contribution < -0.4 is 5.32 Å². The van der Waals surface area contributed by atoms with E-state index >= 15 is 0 Å². The number of hydrogen-bond donors (Lipinski definition) is 2. The summed E-state index contributed by atoms with van der Waals surface area (Å²) in [6.45, 7) is 7.23. The Morgan fingerprint density at radius 1 is 1.43 bits per heavy atom. The molecule has 1 saturated carbocycles. The van der Waals surface area contributed by atoms with Crippen LogP contribution in [0.3, 0.4) is 0 Å². The Morgan fingerprint density at radius 2 is 2.14 bits per heavy atom. The van der Waals surface area contributed by atoms with Crippen molar-refractivity contribution in [1.29, 1.82) is 0 Å². The van der Waals surface area contributed by atoms with E-state index in [0.717, 1.165) is 6.54 Å². The molecule has 0 heterocycles. The number of hydrogen-bond acceptors (Lipinski definition) is 3. The van der Waals surface area contributed by atoms with Gasteiger partial charge in [-0.15, -0.1) is 0 Å². The fourth-order valence-electron chi connectivity index (χ4n) is 1.97. The lowest BCUT2D eigenvalue weighted by atomic mass is 10.2. The summed E-state index contributed by atoms with van der Waals surface area (Å²) in [7, 11) is 0. The number of aliphatic hydroxyl groups is 1. The maximum Gasteiger partial charge on any atom is 0.0628 e. The standard InChI is InChI=1S/C11H23NOS/c1-4-12-10-6-5-7-11(10)14-9(3)8(2)13/h8-13H,4-7H2,1-3H3. The largest absolute Gasteiger partial charge is 0.392 e. The monoisotopic (exact) mass is 217 g/mol. The predicted molar refractivity (Wildman–Crippen MR) is 63.8 cm³/mol. The number of thioether (sulfide) groups is 1. The summed E-state index contributed by atoms with van der Waals surface area (Å²) in [5, 5.41) is 14.1. The zero-order chi connectivity index (χ0) is 10.6. The van der Waals surface area contributed by atoms with E-state index in [0.29, 0.717) is 16.5 Å². The molecule has 0 amide bonds. The first kappa shape index (κ1) is 12.3. The Morgan fingerprint density at radius 3 is 2.71 bits per heavy atom. The smallest absolute Gasteiger partial charge is 0.0628 e. The third kappa shape index (κ3) is 3.44. The molecule has 1 aliphatic carbocycles. The van der Waals surface area contributed by atoms with Crippen molar-refractivity contribution in [3.05, 3.63) is 0 Å². The second kappa shape index (κ2) is 5.99. The molecular weight excluding hydrogens is 194 g/mol. The molecule has 14 heavy (non-hydrogen) atoms. The third-order valence-corrected chi connectivity index (χ3v) is 4.72. The highest BCUT2D eigenvalue weighted by Gasteiger charge is 2.29. The molecule has 2 nitrogen and oxygen atoms in total. The highest BCUT2D eigenvalue weighted by molar-refractivity contribution is 8.00. The van der Waals surface area contributed by atoms with Crippen LogP contribution >= 0.6 is 11.8 Å². The maximum atomic E-state index is 9.46. The second-order valence-corrected chi connectivity index (χ2v) is 5.84. The molecule has 0 aromatic carbocycles. The van der Waals surface area contributed by atoms with Crippen molar-refractivity contribution in [3.8, 4) is 0 Å². The van der Waals surface area contributed by atoms with Gasteiger partial charge in [0.15, 0.2) is 0 Å². The van der Waals surface area contributed by atoms with Crippen LogP contribution in [0.25, 0.3) is 0 Å². The van der Waals surface area contributed by atoms with Gasteiger partial charge in [0.25, 0.3) is 0 Å². The van der Waals surface area contributed by atoms with Gasteiger partial charge in [0.05, 0.1) is 6.10 Å². The molecule has 1 fully saturated rings. The van der Waals surface area contributed by atoms with Crippen LogP contribution in [0.2, 0.25) is 0 Å². The molecule has 4 unspecified atom stereocenters. The fraction of sp³-hybridized carbons (Fsp3) is 1.00. The molecule has 0 bridgehead atoms. The van der Waals surface area contributed by atoms with Gasteiger partial charge in [0.1, 0.15) is 0 Å². The van der Waals surface area contributed by atoms with Crippen molar-refractivity contribution < 1.29 is 5.11 Å². The average molecular weight is 217 g/mol. The minimum atomic E-state index is -0.192. The Bertz CT molecular complexity index is 163. The maximum absolute atomic E-state index is 9.46. The number of rotatable bonds is 5. The molecular formula is C11H23NOS. The summed E-state index contributed by atoms with van der Waals surface area (Å²) in [5.74, 6) is 0. The van der Waals surface area contributed by atoms with Crippen LogP contribution in [0.4, 0.5) is 0 Å². The van der Waals surface area contributed by atoms with E-state index in [1.54, 1.807) is 0 Å². The Kier molecular flexibility index (Phi) is 5.28. The van der Waals surface area contributed by atoms with Gasteiger partial charge >= 0.3 is 0 Å². The van der Waals surface area contributed by atoms with Crippen molar-refractivity contribution in [2.75, 3.05) is 6.54 Å². The lowest BCUT2D eigenvalue weighted by molar-refractivity contribution is 0.196. The quantitative estimate of drug-likeness (QED) is 0.739. The molecule has 0 aromatic rings. The summed E-state index contributed by atoms with van der Waals surface area (Å²) >= 11 is 1.95. The van der Waals surface area contributed by atoms with Crippen LogP contribution in [0, 0.1) is 0 Å². The summed E-state index contributed by atoms with van der Waals surface area (Å²) in [6.07, 6.45) is 3.75. The minimum absolute atomic E-state index is 0.192. The highest BCUT2D eigenvalue weighted by atomic mass is 32.2. The molecule has 2 N–H and O–H groups in total. The van der Waals surface area contributed by atoms with E-state index in [2.05, 4.69) is 19.2 Å². The van der Waals surface area contributed by atoms with Gasteiger partial charge < -0.3 is 10.4 Å². The van der Waals surface area contributed by atoms with Gasteiger partial charge in [0.2, 0.25) is 0 Å². The summed E-state index contributed by atoms with van der Waals surface area (Å²) in [5.41, 5.74) is 0. The molecule has 4 atom stereocenters. The Hall–Kier alpha value is 0.270. The summed E-state index contributed by atoms with van der Waals surface area (Å²) in [4.78, 5) is 0. The van der Waals surface area contributed by atoms with Crippen molar-refractivity contribution >= 4 is 11.8 Å². The molecule has 0 saturated heterocycles. The lowest BCUT2D eigenvalue weighted by Crippen LogP contribution is -2.35. The number of nitrogens with one attached hydrogen (secondary N) is 1. The molecule has 3 heteroatoms. The predicted octanol–water partition coefficient (Wildman–Crippen LogP) is 2.02. The van der Waals surface area contributed by atoms with E-state index < -0.39 is 0 Å². The summed E-state index contributed by atoms with van der Waals surface area (Å²) < 4.78 is 0. The molecule has 1 aliphatic rings. The average Bonchev–Trinajstić information content (AvgIpc) is 2.53. The molecule has 0 radical (unpaired) electrons. The van der Waals surface area contributed by atoms with Crippen LogP contribution in [0.5, 0.6) is 0 Å². The van der Waals surface area contributed by atoms with Crippen LogP contribution in [-0.2, 0) is 0 Å². The summed E-state index contributed by atoms with van der Waals surface area (Å²) in [6, 6.07) is 0.672. The SMILES string of the molecule is CCNC1CCCC1SC(C)C(C)O. The van der Waals surface area contributed by atoms with Crippen molar-refractivity contribution in [2.24, 2.45) is 0 Å². The molecule has 0 aliphatic heterocycles. The van der Waals surface area contributed by atoms with Gasteiger partial charge in [-0.05, 0) is 26.3 Å². The third-order valence-electron chi connectivity index (χ3n) is 2.99. The van der Waals surface area contributed by atoms with Crippen molar-refractivity contribution in [2.45, 2.75) is 62.7 Å². The van der Waals surface area contributed by atoms with Crippen LogP contribution in [-0.4, -0.2) is 34.3 Å². The van der Waals surface area contributed by atoms with Crippen molar-refractivity contribution in [3.63, 3.8) is 0 Å². The lowest BCUT2D eigenvalue weighted by Gasteiger charge is -2.24. The van der Waals surface area contributed by atoms with E-state index in [4.69, 9.17) is 0 Å². The van der Waals surface area contributed by atoms with Gasteiger partial charge in [-0.25, -0.2) is 0 Å². The van der Waals surface area contributed by atoms with E-state index in [-0.39, 0.29) is 6.10 Å². The fourth-order valence-corrected chi connectivity index (χ4v) is 3.48. The van der Waals surface area contributed by atoms with Crippen LogP contribution in [0.15, 0.2) is 0 Å². The Balaban J connectivity index is 2.35. The van der Waals surface area contributed by atoms with Crippen LogP contribution in [0.1, 0.15) is 40.0 Å². The first-order chi connectivity index (χ1) is 6.65. The highest BCUT2D eigenvalue weighted by Crippen LogP contribution is 2.33. The van der Waals surface area contributed by atoms with Gasteiger partial charge in [-0.3, -0.25) is 0 Å². The van der Waals surface area contributed by atoms with Gasteiger partial charge in [-0.2, -0.15) is 11.8 Å². The first-order valence-electron chi connectivity index (χ1n) is 5.72. The van der Waals surface area contributed by atoms with E-state index in [1.165, 1.54) is 19.3 Å². The Labute approximate surface area is 91.9 Å². The molecule has 84 valence electrons. The van der Waals surface area contributed by atoms with Gasteiger partial charge in [-0.1, -0.05) is 20.3 Å². The normalized spacial score (nSPS) is 31.7. The zero-order valence-corrected chi connectivity index (χ0v) is 10.3. The van der Waals surface area contributed by atoms with Gasteiger partial charge in [0, 0.05) is 16.5 Å². The van der Waals surface area contributed by atoms with Crippen molar-refractivity contribution in [1.82, 2.24) is 5.32 Å². The molecule has 0 aromatic heterocycles. The second-order valence-electron chi connectivity index (χ2n) is 4.22. The number of aliphatic hydroxyl groups excluding tert-OH is 1. The minimum Gasteiger partial charge on any atom is -0.392 e. The van der Waals surface area contributed by atoms with E-state index in [1.807, 2.05) is 18.7 Å². The molecule has 0 spiro atoms. The molecule has 1 rings (SSSR count). The first-order valence-corrected chi connectivity index (χ1v) is 6.66. The topological polar surface area (TPSA) is 32.3 Å². The zero-order valence-electron chi connectivity index (χ0n) is 9.49.